The molecule has 1 saturated heterocycles. The zero-order valence-electron chi connectivity index (χ0n) is 21.1. The number of rotatable bonds is 8. The van der Waals surface area contributed by atoms with Crippen molar-refractivity contribution in [1.82, 2.24) is 24.4 Å². The first-order valence-corrected chi connectivity index (χ1v) is 13.8. The molecule has 37 heavy (non-hydrogen) atoms. The maximum Gasteiger partial charge on any atom is 0.213 e. The summed E-state index contributed by atoms with van der Waals surface area (Å²) in [5, 5.41) is 0. The van der Waals surface area contributed by atoms with Gasteiger partial charge in [-0.2, -0.15) is 0 Å². The summed E-state index contributed by atoms with van der Waals surface area (Å²) in [7, 11) is 0. The highest BCUT2D eigenvalue weighted by Gasteiger charge is 2.24. The Morgan fingerprint density at radius 1 is 0.946 bits per heavy atom. The SMILES string of the molecule is Cc1ccc2nc(CN3CCC(c4cccc(OCc5ccccc5)n4)CC3)n(Cc3cncs3)c2c1. The highest BCUT2D eigenvalue weighted by Crippen LogP contribution is 2.29. The van der Waals surface area contributed by atoms with Crippen LogP contribution in [0.5, 0.6) is 5.88 Å². The zero-order chi connectivity index (χ0) is 25.0. The number of nitrogens with zero attached hydrogens (tertiary/aromatic N) is 5. The molecular weight excluding hydrogens is 478 g/mol. The molecule has 7 heteroatoms. The fourth-order valence-corrected chi connectivity index (χ4v) is 5.70. The molecule has 0 bridgehead atoms. The van der Waals surface area contributed by atoms with Crippen LogP contribution < -0.4 is 4.74 Å². The maximum absolute atomic E-state index is 5.98. The number of likely N-dealkylation sites (tertiary alicyclic amines) is 1. The zero-order valence-corrected chi connectivity index (χ0v) is 21.9. The van der Waals surface area contributed by atoms with Crippen LogP contribution in [0.2, 0.25) is 0 Å². The maximum atomic E-state index is 5.98. The second-order valence-corrected chi connectivity index (χ2v) is 10.8. The lowest BCUT2D eigenvalue weighted by atomic mass is 9.93. The smallest absolute Gasteiger partial charge is 0.213 e. The predicted molar refractivity (Wildman–Crippen MR) is 148 cm³/mol. The van der Waals surface area contributed by atoms with E-state index in [0.717, 1.165) is 61.6 Å². The summed E-state index contributed by atoms with van der Waals surface area (Å²) in [5.74, 6) is 2.29. The first kappa shape index (κ1) is 23.8. The molecule has 1 aliphatic heterocycles. The van der Waals surface area contributed by atoms with Gasteiger partial charge in [-0.25, -0.2) is 9.97 Å². The van der Waals surface area contributed by atoms with E-state index in [1.54, 1.807) is 11.3 Å². The molecule has 0 saturated carbocycles. The number of aryl methyl sites for hydroxylation is 1. The molecule has 0 unspecified atom stereocenters. The summed E-state index contributed by atoms with van der Waals surface area (Å²) in [4.78, 5) is 17.9. The molecule has 6 rings (SSSR count). The molecule has 0 atom stereocenters. The lowest BCUT2D eigenvalue weighted by Crippen LogP contribution is -2.33. The Morgan fingerprint density at radius 2 is 1.81 bits per heavy atom. The van der Waals surface area contributed by atoms with E-state index in [9.17, 15) is 0 Å². The number of imidazole rings is 1. The van der Waals surface area contributed by atoms with E-state index in [2.05, 4.69) is 63.8 Å². The number of fused-ring (bicyclic) bond motifs is 1. The standard InChI is InChI=1S/C30H31N5OS/c1-22-10-11-27-28(16-22)35(18-25-17-31-21-37-25)29(32-27)19-34-14-12-24(13-15-34)26-8-5-9-30(33-26)36-20-23-6-3-2-4-7-23/h2-11,16-17,21,24H,12-15,18-20H2,1H3. The highest BCUT2D eigenvalue weighted by atomic mass is 32.1. The normalized spacial score (nSPS) is 14.8. The molecule has 2 aromatic carbocycles. The fourth-order valence-electron chi connectivity index (χ4n) is 5.11. The Bertz CT molecular complexity index is 1460. The molecule has 6 nitrogen and oxygen atoms in total. The summed E-state index contributed by atoms with van der Waals surface area (Å²) in [6.45, 7) is 6.42. The lowest BCUT2D eigenvalue weighted by Gasteiger charge is -2.31. The van der Waals surface area contributed by atoms with Gasteiger partial charge >= 0.3 is 0 Å². The summed E-state index contributed by atoms with van der Waals surface area (Å²) in [6.07, 6.45) is 4.14. The number of piperidine rings is 1. The number of hydrogen-bond acceptors (Lipinski definition) is 6. The predicted octanol–water partition coefficient (Wildman–Crippen LogP) is 6.20. The van der Waals surface area contributed by atoms with Crippen LogP contribution in [-0.2, 0) is 19.7 Å². The lowest BCUT2D eigenvalue weighted by molar-refractivity contribution is 0.196. The summed E-state index contributed by atoms with van der Waals surface area (Å²) in [5.41, 5.74) is 7.72. The number of benzene rings is 2. The summed E-state index contributed by atoms with van der Waals surface area (Å²) < 4.78 is 8.35. The topological polar surface area (TPSA) is 56.1 Å². The van der Waals surface area contributed by atoms with Gasteiger partial charge in [0.1, 0.15) is 12.4 Å². The Morgan fingerprint density at radius 3 is 2.62 bits per heavy atom. The van der Waals surface area contributed by atoms with Crippen molar-refractivity contribution >= 4 is 22.4 Å². The Hall–Kier alpha value is -3.55. The molecule has 0 aliphatic carbocycles. The van der Waals surface area contributed by atoms with Crippen LogP contribution in [0, 0.1) is 6.92 Å². The van der Waals surface area contributed by atoms with E-state index in [1.807, 2.05) is 36.0 Å². The third kappa shape index (κ3) is 5.58. The minimum absolute atomic E-state index is 0.454. The molecule has 0 radical (unpaired) electrons. The second kappa shape index (κ2) is 10.8. The van der Waals surface area contributed by atoms with Gasteiger partial charge in [-0.1, -0.05) is 42.5 Å². The van der Waals surface area contributed by atoms with Gasteiger partial charge < -0.3 is 9.30 Å². The second-order valence-electron chi connectivity index (χ2n) is 9.80. The van der Waals surface area contributed by atoms with Crippen molar-refractivity contribution in [2.75, 3.05) is 13.1 Å². The Balaban J connectivity index is 1.12. The van der Waals surface area contributed by atoms with Gasteiger partial charge in [-0.3, -0.25) is 9.88 Å². The quantitative estimate of drug-likeness (QED) is 0.249. The van der Waals surface area contributed by atoms with Crippen LogP contribution in [0.15, 0.2) is 78.4 Å². The van der Waals surface area contributed by atoms with Gasteiger partial charge in [-0.15, -0.1) is 11.3 Å². The minimum atomic E-state index is 0.454. The number of ether oxygens (including phenoxy) is 1. The van der Waals surface area contributed by atoms with Crippen LogP contribution in [-0.4, -0.2) is 37.5 Å². The molecule has 0 amide bonds. The van der Waals surface area contributed by atoms with Gasteiger partial charge in [0.25, 0.3) is 0 Å². The van der Waals surface area contributed by atoms with E-state index in [4.69, 9.17) is 14.7 Å². The van der Waals surface area contributed by atoms with Crippen LogP contribution >= 0.6 is 11.3 Å². The summed E-state index contributed by atoms with van der Waals surface area (Å²) in [6, 6.07) is 22.9. The fraction of sp³-hybridized carbons (Fsp3) is 0.300. The number of hydrogen-bond donors (Lipinski definition) is 0. The summed E-state index contributed by atoms with van der Waals surface area (Å²) >= 11 is 1.70. The molecule has 5 aromatic rings. The van der Waals surface area contributed by atoms with Gasteiger partial charge in [0, 0.05) is 28.8 Å². The van der Waals surface area contributed by atoms with Crippen molar-refractivity contribution in [2.24, 2.45) is 0 Å². The van der Waals surface area contributed by atoms with E-state index in [-0.39, 0.29) is 0 Å². The van der Waals surface area contributed by atoms with Crippen molar-refractivity contribution in [3.63, 3.8) is 0 Å². The van der Waals surface area contributed by atoms with Crippen molar-refractivity contribution in [3.05, 3.63) is 106 Å². The van der Waals surface area contributed by atoms with Crippen LogP contribution in [0.4, 0.5) is 0 Å². The first-order chi connectivity index (χ1) is 18.2. The third-order valence-corrected chi connectivity index (χ3v) is 7.89. The van der Waals surface area contributed by atoms with Crippen molar-refractivity contribution < 1.29 is 4.74 Å². The van der Waals surface area contributed by atoms with Gasteiger partial charge in [-0.05, 0) is 62.2 Å². The highest BCUT2D eigenvalue weighted by molar-refractivity contribution is 7.09. The van der Waals surface area contributed by atoms with E-state index in [0.29, 0.717) is 18.4 Å². The third-order valence-electron chi connectivity index (χ3n) is 7.13. The van der Waals surface area contributed by atoms with E-state index >= 15 is 0 Å². The molecule has 0 N–H and O–H groups in total. The van der Waals surface area contributed by atoms with Gasteiger partial charge in [0.05, 0.1) is 29.6 Å². The Labute approximate surface area is 221 Å². The minimum Gasteiger partial charge on any atom is -0.473 e. The van der Waals surface area contributed by atoms with E-state index < -0.39 is 0 Å². The van der Waals surface area contributed by atoms with E-state index in [1.165, 1.54) is 16.0 Å². The molecule has 188 valence electrons. The van der Waals surface area contributed by atoms with Crippen LogP contribution in [0.3, 0.4) is 0 Å². The molecule has 3 aromatic heterocycles. The van der Waals surface area contributed by atoms with Crippen molar-refractivity contribution in [1.29, 1.82) is 0 Å². The number of thiazole rings is 1. The molecule has 1 fully saturated rings. The van der Waals surface area contributed by atoms with Crippen LogP contribution in [0.1, 0.15) is 46.3 Å². The number of aromatic nitrogens is 4. The van der Waals surface area contributed by atoms with Gasteiger partial charge in [0.15, 0.2) is 0 Å². The van der Waals surface area contributed by atoms with Crippen molar-refractivity contribution in [2.45, 2.75) is 45.4 Å². The molecule has 4 heterocycles. The molecule has 0 spiro atoms. The van der Waals surface area contributed by atoms with Gasteiger partial charge in [0.2, 0.25) is 5.88 Å². The largest absolute Gasteiger partial charge is 0.473 e. The number of pyridine rings is 1. The average molecular weight is 510 g/mol. The Kier molecular flexibility index (Phi) is 6.97. The molecular formula is C30H31N5OS. The first-order valence-electron chi connectivity index (χ1n) is 12.9. The van der Waals surface area contributed by atoms with Crippen LogP contribution in [0.25, 0.3) is 11.0 Å². The average Bonchev–Trinajstić information content (AvgIpc) is 3.57. The molecule has 1 aliphatic rings. The monoisotopic (exact) mass is 509 g/mol. The van der Waals surface area contributed by atoms with Crippen molar-refractivity contribution in [3.8, 4) is 5.88 Å².